The van der Waals surface area contributed by atoms with Crippen LogP contribution in [-0.2, 0) is 29.4 Å². The molecule has 0 saturated heterocycles. The molecule has 6 nitrogen and oxygen atoms in total. The first kappa shape index (κ1) is 23.9. The van der Waals surface area contributed by atoms with Crippen LogP contribution in [-0.4, -0.2) is 11.9 Å². The summed E-state index contributed by atoms with van der Waals surface area (Å²) >= 11 is 0. The maximum Gasteiger partial charge on any atom is 0.349 e. The van der Waals surface area contributed by atoms with Gasteiger partial charge in [0.2, 0.25) is 0 Å². The molecule has 0 amide bonds. The highest BCUT2D eigenvalue weighted by Crippen LogP contribution is 2.50. The highest BCUT2D eigenvalue weighted by molar-refractivity contribution is 5.73. The van der Waals surface area contributed by atoms with Crippen molar-refractivity contribution in [3.05, 3.63) is 0 Å². The van der Waals surface area contributed by atoms with E-state index < -0.39 is 11.9 Å². The van der Waals surface area contributed by atoms with Crippen LogP contribution >= 0.6 is 0 Å². The highest BCUT2D eigenvalue weighted by Gasteiger charge is 2.48. The third-order valence-corrected chi connectivity index (χ3v) is 5.45. The number of hydrogen-bond donors (Lipinski definition) is 0. The zero-order valence-corrected chi connectivity index (χ0v) is 18.3. The van der Waals surface area contributed by atoms with Gasteiger partial charge in [-0.15, -0.1) is 0 Å². The maximum atomic E-state index is 12.8. The summed E-state index contributed by atoms with van der Waals surface area (Å²) < 4.78 is 0. The van der Waals surface area contributed by atoms with E-state index in [0.29, 0.717) is 5.92 Å². The number of carbonyl (C=O) groups is 2. The average Bonchev–Trinajstić information content (AvgIpc) is 2.49. The quantitative estimate of drug-likeness (QED) is 0.324. The van der Waals surface area contributed by atoms with Crippen LogP contribution in [0.3, 0.4) is 0 Å². The van der Waals surface area contributed by atoms with E-state index in [1.807, 2.05) is 41.5 Å². The lowest BCUT2D eigenvalue weighted by Crippen LogP contribution is -2.46. The molecule has 0 aromatic heterocycles. The molecule has 1 saturated carbocycles. The minimum atomic E-state index is -0.589. The number of carbonyl (C=O) groups excluding carboxylic acids is 2. The van der Waals surface area contributed by atoms with E-state index in [9.17, 15) is 9.59 Å². The van der Waals surface area contributed by atoms with Gasteiger partial charge in [-0.05, 0) is 35.0 Å². The third-order valence-electron chi connectivity index (χ3n) is 5.45. The molecule has 158 valence electrons. The maximum absolute atomic E-state index is 12.8. The molecular weight excluding hydrogens is 348 g/mol. The Morgan fingerprint density at radius 3 is 1.85 bits per heavy atom. The van der Waals surface area contributed by atoms with Gasteiger partial charge in [-0.25, -0.2) is 9.59 Å². The molecule has 27 heavy (non-hydrogen) atoms. The molecule has 0 aromatic carbocycles. The van der Waals surface area contributed by atoms with Crippen LogP contribution in [0.5, 0.6) is 0 Å². The van der Waals surface area contributed by atoms with Crippen LogP contribution in [0.15, 0.2) is 0 Å². The lowest BCUT2D eigenvalue weighted by molar-refractivity contribution is -0.601. The van der Waals surface area contributed by atoms with Crippen molar-refractivity contribution in [1.82, 2.24) is 0 Å². The molecule has 6 heteroatoms. The zero-order valence-electron chi connectivity index (χ0n) is 18.3. The molecule has 1 fully saturated rings. The third kappa shape index (κ3) is 7.78. The van der Waals surface area contributed by atoms with Crippen molar-refractivity contribution in [3.63, 3.8) is 0 Å². The van der Waals surface area contributed by atoms with Crippen LogP contribution in [0.2, 0.25) is 0 Å². The summed E-state index contributed by atoms with van der Waals surface area (Å²) in [7, 11) is 0. The van der Waals surface area contributed by atoms with Gasteiger partial charge < -0.3 is 0 Å². The van der Waals surface area contributed by atoms with E-state index >= 15 is 0 Å². The van der Waals surface area contributed by atoms with Gasteiger partial charge in [-0.2, -0.15) is 0 Å². The van der Waals surface area contributed by atoms with Gasteiger partial charge in [-0.3, -0.25) is 9.78 Å². The second-order valence-corrected chi connectivity index (χ2v) is 10.7. The fraction of sp³-hybridized carbons (Fsp3) is 0.905. The van der Waals surface area contributed by atoms with Gasteiger partial charge in [0.15, 0.2) is 0 Å². The fourth-order valence-electron chi connectivity index (χ4n) is 4.47. The topological polar surface area (TPSA) is 71.1 Å². The Kier molecular flexibility index (Phi) is 8.30. The molecule has 1 aliphatic rings. The molecule has 0 heterocycles. The normalized spacial score (nSPS) is 18.1. The summed E-state index contributed by atoms with van der Waals surface area (Å²) in [6.45, 7) is 16.0. The van der Waals surface area contributed by atoms with Gasteiger partial charge in [0.05, 0.1) is 12.3 Å². The smallest absolute Gasteiger partial charge is 0.266 e. The van der Waals surface area contributed by atoms with Gasteiger partial charge in [0.25, 0.3) is 0 Å². The van der Waals surface area contributed by atoms with Crippen molar-refractivity contribution >= 4 is 11.9 Å². The molecule has 0 spiro atoms. The zero-order chi connectivity index (χ0) is 20.9. The van der Waals surface area contributed by atoms with Crippen LogP contribution in [0, 0.1) is 28.1 Å². The fourth-order valence-corrected chi connectivity index (χ4v) is 4.47. The Morgan fingerprint density at radius 1 is 0.852 bits per heavy atom. The number of hydrogen-bond acceptors (Lipinski definition) is 6. The molecule has 0 radical (unpaired) electrons. The molecule has 0 N–H and O–H groups in total. The summed E-state index contributed by atoms with van der Waals surface area (Å²) in [5.74, 6) is -1.03. The van der Waals surface area contributed by atoms with E-state index in [0.717, 1.165) is 12.8 Å². The van der Waals surface area contributed by atoms with Crippen LogP contribution < -0.4 is 0 Å². The Labute approximate surface area is 164 Å². The van der Waals surface area contributed by atoms with Gasteiger partial charge in [-0.1, -0.05) is 74.7 Å². The molecule has 1 atom stereocenters. The van der Waals surface area contributed by atoms with E-state index in [4.69, 9.17) is 4.89 Å². The lowest BCUT2D eigenvalue weighted by atomic mass is 9.58. The summed E-state index contributed by atoms with van der Waals surface area (Å²) in [6.07, 6.45) is 6.05. The van der Waals surface area contributed by atoms with Crippen LogP contribution in [0.1, 0.15) is 93.9 Å². The Hall–Kier alpha value is -1.14. The molecule has 1 aliphatic carbocycles. The highest BCUT2D eigenvalue weighted by atomic mass is 17.7. The first-order valence-corrected chi connectivity index (χ1v) is 9.99. The number of rotatable bonds is 7. The van der Waals surface area contributed by atoms with Crippen LogP contribution in [0.4, 0.5) is 0 Å². The SMILES string of the molecule is CC(C)(C)CC(=O)OOOOC(=O)C(C(C)(C)C)C(C)(C)C1CCCCC1. The average molecular weight is 387 g/mol. The first-order chi connectivity index (χ1) is 12.2. The monoisotopic (exact) mass is 386 g/mol. The van der Waals surface area contributed by atoms with Gasteiger partial charge in [0.1, 0.15) is 0 Å². The van der Waals surface area contributed by atoms with E-state index in [2.05, 4.69) is 28.8 Å². The first-order valence-electron chi connectivity index (χ1n) is 9.99. The Balaban J connectivity index is 2.64. The van der Waals surface area contributed by atoms with Crippen LogP contribution in [0.25, 0.3) is 0 Å². The summed E-state index contributed by atoms with van der Waals surface area (Å²) in [5.41, 5.74) is -0.801. The molecule has 0 aliphatic heterocycles. The minimum Gasteiger partial charge on any atom is -0.266 e. The Morgan fingerprint density at radius 2 is 1.37 bits per heavy atom. The van der Waals surface area contributed by atoms with Crippen molar-refractivity contribution in [2.75, 3.05) is 0 Å². The van der Waals surface area contributed by atoms with E-state index in [1.54, 1.807) is 0 Å². The van der Waals surface area contributed by atoms with Crippen molar-refractivity contribution in [2.24, 2.45) is 28.1 Å². The largest absolute Gasteiger partial charge is 0.349 e. The summed E-state index contributed by atoms with van der Waals surface area (Å²) in [4.78, 5) is 33.7. The van der Waals surface area contributed by atoms with Crippen molar-refractivity contribution in [3.8, 4) is 0 Å². The predicted molar refractivity (Wildman–Crippen MR) is 102 cm³/mol. The Bertz CT molecular complexity index is 492. The summed E-state index contributed by atoms with van der Waals surface area (Å²) in [6, 6.07) is 0. The molecular formula is C21H38O6. The molecule has 1 rings (SSSR count). The van der Waals surface area contributed by atoms with E-state index in [-0.39, 0.29) is 28.6 Å². The standard InChI is InChI=1S/C21H38O6/c1-19(2,3)14-16(22)24-26-27-25-18(23)17(20(4,5)6)21(7,8)15-12-10-9-11-13-15/h15,17H,9-14H2,1-8H3. The van der Waals surface area contributed by atoms with Crippen molar-refractivity contribution < 1.29 is 29.4 Å². The summed E-state index contributed by atoms with van der Waals surface area (Å²) in [5, 5.41) is 8.79. The molecule has 0 aromatic rings. The van der Waals surface area contributed by atoms with Gasteiger partial charge >= 0.3 is 11.9 Å². The van der Waals surface area contributed by atoms with Gasteiger partial charge in [0, 0.05) is 10.1 Å². The minimum absolute atomic E-state index is 0.156. The van der Waals surface area contributed by atoms with E-state index in [1.165, 1.54) is 19.3 Å². The second kappa shape index (κ2) is 9.37. The molecule has 1 unspecified atom stereocenters. The molecule has 0 bridgehead atoms. The van der Waals surface area contributed by atoms with Crippen molar-refractivity contribution in [2.45, 2.75) is 93.9 Å². The van der Waals surface area contributed by atoms with Crippen molar-refractivity contribution in [1.29, 1.82) is 0 Å². The predicted octanol–water partition coefficient (Wildman–Crippen LogP) is 5.56. The lowest BCUT2D eigenvalue weighted by Gasteiger charge is -2.46. The second-order valence-electron chi connectivity index (χ2n) is 10.7.